The average Bonchev–Trinajstić information content (AvgIpc) is 2.53. The van der Waals surface area contributed by atoms with Gasteiger partial charge in [-0.25, -0.2) is 4.79 Å². The molecule has 2 aliphatic rings. The third-order valence-electron chi connectivity index (χ3n) is 5.20. The van der Waals surface area contributed by atoms with Crippen molar-refractivity contribution in [3.05, 3.63) is 35.9 Å². The highest BCUT2D eigenvalue weighted by Crippen LogP contribution is 2.33. The minimum Gasteiger partial charge on any atom is -0.388 e. The molecule has 1 aromatic rings. The molecule has 2 saturated carbocycles. The van der Waals surface area contributed by atoms with Crippen LogP contribution in [0.3, 0.4) is 0 Å². The van der Waals surface area contributed by atoms with Crippen molar-refractivity contribution in [3.8, 4) is 0 Å². The van der Waals surface area contributed by atoms with Crippen LogP contribution >= 0.6 is 0 Å². The third kappa shape index (κ3) is 3.80. The van der Waals surface area contributed by atoms with Crippen molar-refractivity contribution in [2.45, 2.75) is 62.5 Å². The van der Waals surface area contributed by atoms with Crippen LogP contribution in [0.5, 0.6) is 0 Å². The summed E-state index contributed by atoms with van der Waals surface area (Å²) in [4.78, 5) is 11.9. The van der Waals surface area contributed by atoms with Crippen molar-refractivity contribution < 1.29 is 9.90 Å². The number of amides is 2. The molecule has 22 heavy (non-hydrogen) atoms. The number of urea groups is 1. The Kier molecular flexibility index (Phi) is 4.67. The average molecular weight is 302 g/mol. The monoisotopic (exact) mass is 302 g/mol. The van der Waals surface area contributed by atoms with Crippen molar-refractivity contribution >= 4 is 6.03 Å². The Balaban J connectivity index is 1.39. The molecule has 0 heterocycles. The topological polar surface area (TPSA) is 61.4 Å². The molecule has 0 spiro atoms. The predicted octanol–water partition coefficient (Wildman–Crippen LogP) is 2.93. The van der Waals surface area contributed by atoms with Gasteiger partial charge in [0.1, 0.15) is 0 Å². The van der Waals surface area contributed by atoms with Crippen molar-refractivity contribution in [1.82, 2.24) is 10.6 Å². The van der Waals surface area contributed by atoms with Gasteiger partial charge in [0.25, 0.3) is 0 Å². The Bertz CT molecular complexity index is 491. The highest BCUT2D eigenvalue weighted by Gasteiger charge is 2.34. The zero-order valence-corrected chi connectivity index (χ0v) is 13.1. The molecular weight excluding hydrogens is 276 g/mol. The molecule has 4 nitrogen and oxygen atoms in total. The summed E-state index contributed by atoms with van der Waals surface area (Å²) in [6.45, 7) is 0.373. The molecule has 0 aromatic heterocycles. The molecule has 0 bridgehead atoms. The predicted molar refractivity (Wildman–Crippen MR) is 86.8 cm³/mol. The van der Waals surface area contributed by atoms with Gasteiger partial charge < -0.3 is 15.7 Å². The van der Waals surface area contributed by atoms with Crippen molar-refractivity contribution in [1.29, 1.82) is 0 Å². The molecule has 0 unspecified atom stereocenters. The Hall–Kier alpha value is -1.55. The minimum absolute atomic E-state index is 0.136. The molecule has 0 atom stereocenters. The van der Waals surface area contributed by atoms with Gasteiger partial charge in [-0.05, 0) is 56.4 Å². The summed E-state index contributed by atoms with van der Waals surface area (Å²) in [5.41, 5.74) is 0.764. The van der Waals surface area contributed by atoms with Crippen LogP contribution in [0.15, 0.2) is 30.3 Å². The minimum atomic E-state index is -0.650. The van der Waals surface area contributed by atoms with E-state index in [1.807, 2.05) is 0 Å². The molecule has 0 aliphatic heterocycles. The standard InChI is InChI=1S/C18H26N2O2/c21-17(19-13-18(22)11-4-12-18)20-16-9-7-15(8-10-16)14-5-2-1-3-6-14/h1-3,5-6,15-16,22H,4,7-13H2,(H2,19,20,21). The summed E-state index contributed by atoms with van der Waals surface area (Å²) in [6.07, 6.45) is 6.96. The van der Waals surface area contributed by atoms with Crippen LogP contribution < -0.4 is 10.6 Å². The lowest BCUT2D eigenvalue weighted by Gasteiger charge is -2.37. The Morgan fingerprint density at radius 2 is 1.82 bits per heavy atom. The van der Waals surface area contributed by atoms with Crippen LogP contribution in [-0.4, -0.2) is 29.3 Å². The SMILES string of the molecule is O=C(NCC1(O)CCC1)NC1CCC(c2ccccc2)CC1. The first-order chi connectivity index (χ1) is 10.6. The van der Waals surface area contributed by atoms with Crippen molar-refractivity contribution in [2.24, 2.45) is 0 Å². The van der Waals surface area contributed by atoms with E-state index >= 15 is 0 Å². The smallest absolute Gasteiger partial charge is 0.315 e. The van der Waals surface area contributed by atoms with E-state index in [1.54, 1.807) is 0 Å². The lowest BCUT2D eigenvalue weighted by molar-refractivity contribution is -0.0290. The van der Waals surface area contributed by atoms with E-state index in [0.29, 0.717) is 12.5 Å². The summed E-state index contributed by atoms with van der Waals surface area (Å²) in [7, 11) is 0. The van der Waals surface area contributed by atoms with Gasteiger partial charge in [0.15, 0.2) is 0 Å². The number of hydrogen-bond acceptors (Lipinski definition) is 2. The van der Waals surface area contributed by atoms with E-state index in [9.17, 15) is 9.90 Å². The van der Waals surface area contributed by atoms with E-state index < -0.39 is 5.60 Å². The molecular formula is C18H26N2O2. The summed E-state index contributed by atoms with van der Waals surface area (Å²) in [5, 5.41) is 15.8. The van der Waals surface area contributed by atoms with E-state index in [1.165, 1.54) is 5.56 Å². The summed E-state index contributed by atoms with van der Waals surface area (Å²) in [6, 6.07) is 10.8. The molecule has 1 aromatic carbocycles. The van der Waals surface area contributed by atoms with Crippen molar-refractivity contribution in [2.75, 3.05) is 6.54 Å². The van der Waals surface area contributed by atoms with E-state index in [-0.39, 0.29) is 12.1 Å². The van der Waals surface area contributed by atoms with E-state index in [2.05, 4.69) is 41.0 Å². The van der Waals surface area contributed by atoms with E-state index in [4.69, 9.17) is 0 Å². The van der Waals surface area contributed by atoms with Crippen LogP contribution in [0.25, 0.3) is 0 Å². The summed E-state index contributed by atoms with van der Waals surface area (Å²) in [5.74, 6) is 0.623. The van der Waals surface area contributed by atoms with E-state index in [0.717, 1.165) is 44.9 Å². The van der Waals surface area contributed by atoms with Gasteiger partial charge in [0.2, 0.25) is 0 Å². The van der Waals surface area contributed by atoms with Crippen molar-refractivity contribution in [3.63, 3.8) is 0 Å². The fourth-order valence-corrected chi connectivity index (χ4v) is 3.54. The third-order valence-corrected chi connectivity index (χ3v) is 5.20. The number of benzene rings is 1. The second-order valence-electron chi connectivity index (χ2n) is 6.86. The second kappa shape index (κ2) is 6.69. The highest BCUT2D eigenvalue weighted by molar-refractivity contribution is 5.74. The number of nitrogens with one attached hydrogen (secondary N) is 2. The lowest BCUT2D eigenvalue weighted by Crippen LogP contribution is -2.51. The normalized spacial score (nSPS) is 26.8. The first-order valence-corrected chi connectivity index (χ1v) is 8.46. The van der Waals surface area contributed by atoms with Crippen LogP contribution in [0.1, 0.15) is 56.4 Å². The van der Waals surface area contributed by atoms with Gasteiger partial charge in [-0.15, -0.1) is 0 Å². The quantitative estimate of drug-likeness (QED) is 0.801. The maximum atomic E-state index is 11.9. The first-order valence-electron chi connectivity index (χ1n) is 8.46. The van der Waals surface area contributed by atoms with Crippen LogP contribution in [-0.2, 0) is 0 Å². The molecule has 2 fully saturated rings. The second-order valence-corrected chi connectivity index (χ2v) is 6.86. The van der Waals surface area contributed by atoms with Gasteiger partial charge in [-0.3, -0.25) is 0 Å². The summed E-state index contributed by atoms with van der Waals surface area (Å²) >= 11 is 0. The maximum Gasteiger partial charge on any atom is 0.315 e. The fraction of sp³-hybridized carbons (Fsp3) is 0.611. The largest absolute Gasteiger partial charge is 0.388 e. The summed E-state index contributed by atoms with van der Waals surface area (Å²) < 4.78 is 0. The molecule has 3 N–H and O–H groups in total. The molecule has 3 rings (SSSR count). The lowest BCUT2D eigenvalue weighted by atomic mass is 9.80. The number of rotatable bonds is 4. The van der Waals surface area contributed by atoms with Gasteiger partial charge in [-0.1, -0.05) is 30.3 Å². The molecule has 0 radical (unpaired) electrons. The molecule has 2 aliphatic carbocycles. The number of carbonyl (C=O) groups is 1. The van der Waals surface area contributed by atoms with Crippen LogP contribution in [0, 0.1) is 0 Å². The molecule has 0 saturated heterocycles. The van der Waals surface area contributed by atoms with Crippen LogP contribution in [0.2, 0.25) is 0 Å². The van der Waals surface area contributed by atoms with Gasteiger partial charge in [-0.2, -0.15) is 0 Å². The highest BCUT2D eigenvalue weighted by atomic mass is 16.3. The number of carbonyl (C=O) groups excluding carboxylic acids is 1. The Morgan fingerprint density at radius 3 is 2.41 bits per heavy atom. The first kappa shape index (κ1) is 15.3. The molecule has 4 heteroatoms. The fourth-order valence-electron chi connectivity index (χ4n) is 3.54. The number of hydrogen-bond donors (Lipinski definition) is 3. The number of aliphatic hydroxyl groups is 1. The molecule has 120 valence electrons. The Morgan fingerprint density at radius 1 is 1.14 bits per heavy atom. The van der Waals surface area contributed by atoms with Gasteiger partial charge >= 0.3 is 6.03 Å². The van der Waals surface area contributed by atoms with Gasteiger partial charge in [0.05, 0.1) is 5.60 Å². The van der Waals surface area contributed by atoms with Crippen LogP contribution in [0.4, 0.5) is 4.79 Å². The maximum absolute atomic E-state index is 11.9. The molecule has 2 amide bonds. The zero-order valence-electron chi connectivity index (χ0n) is 13.1. The Labute approximate surface area is 132 Å². The van der Waals surface area contributed by atoms with Gasteiger partial charge in [0, 0.05) is 12.6 Å². The zero-order chi connectivity index (χ0) is 15.4.